The van der Waals surface area contributed by atoms with Gasteiger partial charge in [-0.2, -0.15) is 0 Å². The Labute approximate surface area is 172 Å². The smallest absolute Gasteiger partial charge is 0.257 e. The summed E-state index contributed by atoms with van der Waals surface area (Å²) in [6, 6.07) is 11.5. The molecule has 1 atom stereocenters. The Morgan fingerprint density at radius 1 is 1.10 bits per heavy atom. The molecule has 152 valence electrons. The Kier molecular flexibility index (Phi) is 5.31. The van der Waals surface area contributed by atoms with Gasteiger partial charge in [-0.1, -0.05) is 24.1 Å². The van der Waals surface area contributed by atoms with Crippen molar-refractivity contribution in [1.29, 1.82) is 0 Å². The van der Waals surface area contributed by atoms with Gasteiger partial charge in [-0.15, -0.1) is 0 Å². The van der Waals surface area contributed by atoms with Crippen LogP contribution in [0.1, 0.15) is 64.4 Å². The van der Waals surface area contributed by atoms with E-state index < -0.39 is 0 Å². The van der Waals surface area contributed by atoms with Gasteiger partial charge in [-0.25, -0.2) is 0 Å². The van der Waals surface area contributed by atoms with Crippen LogP contribution in [0.15, 0.2) is 36.4 Å². The molecule has 1 fully saturated rings. The lowest BCUT2D eigenvalue weighted by Gasteiger charge is -2.44. The Balaban J connectivity index is 1.66. The highest BCUT2D eigenvalue weighted by Gasteiger charge is 2.37. The summed E-state index contributed by atoms with van der Waals surface area (Å²) in [5.74, 6) is -0.0514. The summed E-state index contributed by atoms with van der Waals surface area (Å²) < 4.78 is 0. The zero-order chi connectivity index (χ0) is 20.5. The fraction of sp³-hybridized carbons (Fsp3) is 0.417. The van der Waals surface area contributed by atoms with Crippen molar-refractivity contribution in [2.24, 2.45) is 0 Å². The van der Waals surface area contributed by atoms with Crippen LogP contribution in [-0.4, -0.2) is 36.0 Å². The van der Waals surface area contributed by atoms with E-state index in [2.05, 4.69) is 23.2 Å². The van der Waals surface area contributed by atoms with Crippen LogP contribution in [0.5, 0.6) is 0 Å². The van der Waals surface area contributed by atoms with Gasteiger partial charge in [0, 0.05) is 24.3 Å². The minimum atomic E-state index is -0.147. The monoisotopic (exact) mass is 391 g/mol. The first-order valence-electron chi connectivity index (χ1n) is 10.6. The molecule has 5 heteroatoms. The number of anilines is 2. The Hall–Kier alpha value is -2.82. The molecule has 2 heterocycles. The minimum absolute atomic E-state index is 0.0953. The van der Waals surface area contributed by atoms with Crippen molar-refractivity contribution in [2.75, 3.05) is 23.3 Å². The quantitative estimate of drug-likeness (QED) is 0.822. The normalized spacial score (nSPS) is 18.7. The lowest BCUT2D eigenvalue weighted by atomic mass is 10.0. The molecule has 0 saturated carbocycles. The summed E-state index contributed by atoms with van der Waals surface area (Å²) in [7, 11) is 0. The molecule has 0 radical (unpaired) electrons. The molecule has 0 aliphatic carbocycles. The van der Waals surface area contributed by atoms with Crippen LogP contribution in [0.3, 0.4) is 0 Å². The molecular weight excluding hydrogens is 362 g/mol. The van der Waals surface area contributed by atoms with Gasteiger partial charge >= 0.3 is 0 Å². The zero-order valence-electron chi connectivity index (χ0n) is 17.5. The predicted molar refractivity (Wildman–Crippen MR) is 117 cm³/mol. The highest BCUT2D eigenvalue weighted by atomic mass is 16.2. The number of carbonyl (C=O) groups is 2. The van der Waals surface area contributed by atoms with Crippen LogP contribution in [0.2, 0.25) is 0 Å². The zero-order valence-corrected chi connectivity index (χ0v) is 17.5. The molecule has 29 heavy (non-hydrogen) atoms. The number of rotatable bonds is 3. The van der Waals surface area contributed by atoms with E-state index in [1.54, 1.807) is 6.07 Å². The summed E-state index contributed by atoms with van der Waals surface area (Å²) in [4.78, 5) is 30.3. The van der Waals surface area contributed by atoms with E-state index in [0.29, 0.717) is 11.1 Å². The summed E-state index contributed by atoms with van der Waals surface area (Å²) >= 11 is 0. The molecule has 0 spiro atoms. The van der Waals surface area contributed by atoms with Crippen molar-refractivity contribution in [2.45, 2.75) is 52.6 Å². The van der Waals surface area contributed by atoms with E-state index in [0.717, 1.165) is 55.7 Å². The first kappa shape index (κ1) is 19.5. The van der Waals surface area contributed by atoms with Crippen LogP contribution >= 0.6 is 0 Å². The molecule has 0 aromatic heterocycles. The highest BCUT2D eigenvalue weighted by Crippen LogP contribution is 2.35. The number of fused-ring (bicyclic) bond motifs is 2. The number of nitrogens with one attached hydrogen (secondary N) is 1. The van der Waals surface area contributed by atoms with Crippen LogP contribution < -0.4 is 10.2 Å². The second-order valence-electron chi connectivity index (χ2n) is 8.12. The third-order valence-electron chi connectivity index (χ3n) is 6.11. The van der Waals surface area contributed by atoms with Gasteiger partial charge < -0.3 is 15.1 Å². The Bertz CT molecular complexity index is 953. The lowest BCUT2D eigenvalue weighted by molar-refractivity contribution is 0.0656. The van der Waals surface area contributed by atoms with Crippen LogP contribution in [-0.2, 0) is 0 Å². The first-order valence-corrected chi connectivity index (χ1v) is 10.6. The summed E-state index contributed by atoms with van der Waals surface area (Å²) in [6.07, 6.45) is 4.44. The van der Waals surface area contributed by atoms with Gasteiger partial charge in [0.2, 0.25) is 0 Å². The van der Waals surface area contributed by atoms with E-state index in [4.69, 9.17) is 0 Å². The molecule has 1 saturated heterocycles. The highest BCUT2D eigenvalue weighted by molar-refractivity contribution is 6.08. The van der Waals surface area contributed by atoms with Gasteiger partial charge in [-0.05, 0) is 69.9 Å². The van der Waals surface area contributed by atoms with Gasteiger partial charge in [0.15, 0.2) is 0 Å². The third kappa shape index (κ3) is 3.61. The maximum atomic E-state index is 13.1. The lowest BCUT2D eigenvalue weighted by Crippen LogP contribution is -2.55. The second kappa shape index (κ2) is 7.90. The third-order valence-corrected chi connectivity index (χ3v) is 6.11. The molecule has 0 bridgehead atoms. The van der Waals surface area contributed by atoms with Crippen LogP contribution in [0.25, 0.3) is 0 Å². The van der Waals surface area contributed by atoms with Crippen molar-refractivity contribution in [3.05, 3.63) is 58.7 Å². The SMILES string of the molecule is CCN1c2cc(C(=O)Nc3ccc(C)cc3C)ccc2C(=O)N2CCCCCC21. The van der Waals surface area contributed by atoms with Gasteiger partial charge in [0.25, 0.3) is 11.8 Å². The number of hydrogen-bond acceptors (Lipinski definition) is 3. The Morgan fingerprint density at radius 2 is 1.93 bits per heavy atom. The molecule has 2 aliphatic heterocycles. The molecule has 5 nitrogen and oxygen atoms in total. The number of hydrogen-bond donors (Lipinski definition) is 1. The molecule has 1 N–H and O–H groups in total. The Morgan fingerprint density at radius 3 is 2.69 bits per heavy atom. The van der Waals surface area contributed by atoms with E-state index in [1.165, 1.54) is 5.56 Å². The first-order chi connectivity index (χ1) is 14.0. The fourth-order valence-corrected chi connectivity index (χ4v) is 4.59. The summed E-state index contributed by atoms with van der Waals surface area (Å²) in [6.45, 7) is 7.77. The van der Waals surface area contributed by atoms with Crippen molar-refractivity contribution in [3.8, 4) is 0 Å². The molecule has 4 rings (SSSR count). The summed E-state index contributed by atoms with van der Waals surface area (Å²) in [5, 5.41) is 3.02. The maximum absolute atomic E-state index is 13.1. The van der Waals surface area contributed by atoms with E-state index in [-0.39, 0.29) is 18.0 Å². The van der Waals surface area contributed by atoms with Gasteiger partial charge in [-0.3, -0.25) is 9.59 Å². The average molecular weight is 392 g/mol. The van der Waals surface area contributed by atoms with Crippen molar-refractivity contribution < 1.29 is 9.59 Å². The van der Waals surface area contributed by atoms with Crippen LogP contribution in [0, 0.1) is 13.8 Å². The fourth-order valence-electron chi connectivity index (χ4n) is 4.59. The van der Waals surface area contributed by atoms with E-state index >= 15 is 0 Å². The number of carbonyl (C=O) groups excluding carboxylic acids is 2. The molecule has 2 amide bonds. The molecule has 2 aromatic rings. The van der Waals surface area contributed by atoms with Gasteiger partial charge in [0.05, 0.1) is 11.3 Å². The predicted octanol–water partition coefficient (Wildman–Crippen LogP) is 4.74. The molecule has 1 unspecified atom stereocenters. The van der Waals surface area contributed by atoms with Crippen LogP contribution in [0.4, 0.5) is 11.4 Å². The summed E-state index contributed by atoms with van der Waals surface area (Å²) in [5.41, 5.74) is 5.19. The second-order valence-corrected chi connectivity index (χ2v) is 8.12. The van der Waals surface area contributed by atoms with Crippen molar-refractivity contribution in [1.82, 2.24) is 4.90 Å². The number of amides is 2. The molecular formula is C24H29N3O2. The molecule has 2 aliphatic rings. The number of nitrogens with zero attached hydrogens (tertiary/aromatic N) is 2. The molecule has 2 aromatic carbocycles. The van der Waals surface area contributed by atoms with Crippen molar-refractivity contribution in [3.63, 3.8) is 0 Å². The number of benzene rings is 2. The van der Waals surface area contributed by atoms with E-state index in [1.807, 2.05) is 43.0 Å². The number of aryl methyl sites for hydroxylation is 2. The largest absolute Gasteiger partial charge is 0.351 e. The topological polar surface area (TPSA) is 52.7 Å². The average Bonchev–Trinajstić information content (AvgIpc) is 2.96. The maximum Gasteiger partial charge on any atom is 0.257 e. The van der Waals surface area contributed by atoms with Crippen molar-refractivity contribution >= 4 is 23.2 Å². The van der Waals surface area contributed by atoms with Gasteiger partial charge in [0.1, 0.15) is 6.17 Å². The van der Waals surface area contributed by atoms with E-state index in [9.17, 15) is 9.59 Å². The standard InChI is InChI=1S/C24H29N3O2/c1-4-26-21-15-18(23(28)25-20-12-9-16(2)14-17(20)3)10-11-19(21)24(29)27-13-7-5-6-8-22(26)27/h9-12,14-15,22H,4-8,13H2,1-3H3,(H,25,28). The minimum Gasteiger partial charge on any atom is -0.351 e.